The highest BCUT2D eigenvalue weighted by atomic mass is 32.1. The maximum absolute atomic E-state index is 12.0. The molecule has 2 N–H and O–H groups in total. The second kappa shape index (κ2) is 5.36. The highest BCUT2D eigenvalue weighted by molar-refractivity contribution is 7.16. The second-order valence-electron chi connectivity index (χ2n) is 4.57. The molecule has 0 saturated heterocycles. The van der Waals surface area contributed by atoms with Crippen molar-refractivity contribution in [1.29, 1.82) is 0 Å². The van der Waals surface area contributed by atoms with E-state index in [0.29, 0.717) is 5.56 Å². The number of hydrogen-bond donors (Lipinski definition) is 2. The zero-order chi connectivity index (χ0) is 14.0. The Bertz CT molecular complexity index is 621. The molecule has 1 aromatic carbocycles. The third-order valence-electron chi connectivity index (χ3n) is 2.81. The van der Waals surface area contributed by atoms with E-state index in [2.05, 4.69) is 10.3 Å². The van der Waals surface area contributed by atoms with Gasteiger partial charge in [0.25, 0.3) is 5.91 Å². The van der Waals surface area contributed by atoms with Crippen LogP contribution in [0, 0.1) is 5.92 Å². The van der Waals surface area contributed by atoms with Gasteiger partial charge in [0.15, 0.2) is 0 Å². The van der Waals surface area contributed by atoms with Crippen LogP contribution in [0.1, 0.15) is 24.2 Å². The predicted octanol–water partition coefficient (Wildman–Crippen LogP) is 2.14. The maximum Gasteiger partial charge on any atom is 0.326 e. The lowest BCUT2D eigenvalue weighted by atomic mass is 10.0. The number of carboxylic acid groups (broad SMARTS) is 1. The normalized spacial score (nSPS) is 12.6. The molecule has 0 spiro atoms. The first-order valence-corrected chi connectivity index (χ1v) is 6.74. The van der Waals surface area contributed by atoms with Gasteiger partial charge in [-0.2, -0.15) is 0 Å². The van der Waals surface area contributed by atoms with Gasteiger partial charge in [0, 0.05) is 5.56 Å². The summed E-state index contributed by atoms with van der Waals surface area (Å²) in [4.78, 5) is 27.2. The molecule has 6 heteroatoms. The number of aromatic nitrogens is 1. The topological polar surface area (TPSA) is 79.3 Å². The maximum atomic E-state index is 12.0. The SMILES string of the molecule is CC(C)C(NC(=O)c1ccc2ncsc2c1)C(=O)O. The number of thiazole rings is 1. The summed E-state index contributed by atoms with van der Waals surface area (Å²) in [6.45, 7) is 3.51. The van der Waals surface area contributed by atoms with Crippen LogP contribution in [0.25, 0.3) is 10.2 Å². The standard InChI is InChI=1S/C13H14N2O3S/c1-7(2)11(13(17)18)15-12(16)8-3-4-9-10(5-8)19-6-14-9/h3-7,11H,1-2H3,(H,15,16)(H,17,18). The number of carboxylic acids is 1. The van der Waals surface area contributed by atoms with E-state index in [1.165, 1.54) is 11.3 Å². The Hall–Kier alpha value is -1.95. The molecule has 1 unspecified atom stereocenters. The van der Waals surface area contributed by atoms with Crippen LogP contribution in [0.3, 0.4) is 0 Å². The predicted molar refractivity (Wildman–Crippen MR) is 73.3 cm³/mol. The number of hydrogen-bond acceptors (Lipinski definition) is 4. The molecule has 0 fully saturated rings. The monoisotopic (exact) mass is 278 g/mol. The first-order valence-electron chi connectivity index (χ1n) is 5.86. The van der Waals surface area contributed by atoms with Crippen LogP contribution in [0.2, 0.25) is 0 Å². The summed E-state index contributed by atoms with van der Waals surface area (Å²) in [5, 5.41) is 11.6. The minimum atomic E-state index is -1.03. The molecule has 5 nitrogen and oxygen atoms in total. The number of benzene rings is 1. The number of aliphatic carboxylic acids is 1. The Morgan fingerprint density at radius 3 is 2.74 bits per heavy atom. The van der Waals surface area contributed by atoms with E-state index in [1.807, 2.05) is 0 Å². The number of carbonyl (C=O) groups is 2. The Morgan fingerprint density at radius 2 is 2.11 bits per heavy atom. The van der Waals surface area contributed by atoms with Crippen molar-refractivity contribution in [2.24, 2.45) is 5.92 Å². The Labute approximate surface area is 114 Å². The Balaban J connectivity index is 2.21. The quantitative estimate of drug-likeness (QED) is 0.898. The van der Waals surface area contributed by atoms with E-state index in [4.69, 9.17) is 5.11 Å². The van der Waals surface area contributed by atoms with E-state index >= 15 is 0 Å². The van der Waals surface area contributed by atoms with Crippen LogP contribution in [-0.4, -0.2) is 28.0 Å². The molecule has 2 rings (SSSR count). The zero-order valence-corrected chi connectivity index (χ0v) is 11.4. The summed E-state index contributed by atoms with van der Waals surface area (Å²) >= 11 is 1.44. The molecule has 0 aliphatic rings. The van der Waals surface area contributed by atoms with Gasteiger partial charge in [0.05, 0.1) is 15.7 Å². The first-order chi connectivity index (χ1) is 8.99. The molecule has 1 heterocycles. The molecule has 0 aliphatic heterocycles. The van der Waals surface area contributed by atoms with Crippen LogP contribution in [-0.2, 0) is 4.79 Å². The van der Waals surface area contributed by atoms with Crippen molar-refractivity contribution < 1.29 is 14.7 Å². The molecule has 19 heavy (non-hydrogen) atoms. The third-order valence-corrected chi connectivity index (χ3v) is 3.60. The smallest absolute Gasteiger partial charge is 0.326 e. The van der Waals surface area contributed by atoms with Gasteiger partial charge in [-0.1, -0.05) is 13.8 Å². The van der Waals surface area contributed by atoms with Crippen molar-refractivity contribution >= 4 is 33.4 Å². The molecular formula is C13H14N2O3S. The zero-order valence-electron chi connectivity index (χ0n) is 10.6. The van der Waals surface area contributed by atoms with Gasteiger partial charge in [-0.3, -0.25) is 4.79 Å². The van der Waals surface area contributed by atoms with E-state index in [1.54, 1.807) is 37.6 Å². The van der Waals surface area contributed by atoms with E-state index in [-0.39, 0.29) is 11.8 Å². The lowest BCUT2D eigenvalue weighted by Crippen LogP contribution is -2.44. The summed E-state index contributed by atoms with van der Waals surface area (Å²) in [5.74, 6) is -1.58. The third kappa shape index (κ3) is 2.90. The van der Waals surface area contributed by atoms with Crippen molar-refractivity contribution in [3.05, 3.63) is 29.3 Å². The van der Waals surface area contributed by atoms with Crippen LogP contribution in [0.15, 0.2) is 23.7 Å². The number of carbonyl (C=O) groups excluding carboxylic acids is 1. The van der Waals surface area contributed by atoms with Gasteiger partial charge in [0.2, 0.25) is 0 Å². The van der Waals surface area contributed by atoms with Crippen LogP contribution in [0.5, 0.6) is 0 Å². The van der Waals surface area contributed by atoms with Crippen LogP contribution >= 0.6 is 11.3 Å². The Kier molecular flexibility index (Phi) is 3.80. The summed E-state index contributed by atoms with van der Waals surface area (Å²) in [6.07, 6.45) is 0. The second-order valence-corrected chi connectivity index (χ2v) is 5.45. The minimum absolute atomic E-state index is 0.173. The fourth-order valence-electron chi connectivity index (χ4n) is 1.73. The van der Waals surface area contributed by atoms with Crippen molar-refractivity contribution in [2.45, 2.75) is 19.9 Å². The largest absolute Gasteiger partial charge is 0.480 e. The van der Waals surface area contributed by atoms with Crippen molar-refractivity contribution in [1.82, 2.24) is 10.3 Å². The van der Waals surface area contributed by atoms with Gasteiger partial charge < -0.3 is 10.4 Å². The van der Waals surface area contributed by atoms with E-state index in [9.17, 15) is 9.59 Å². The van der Waals surface area contributed by atoms with E-state index in [0.717, 1.165) is 10.2 Å². The summed E-state index contributed by atoms with van der Waals surface area (Å²) < 4.78 is 0.907. The van der Waals surface area contributed by atoms with Gasteiger partial charge in [0.1, 0.15) is 6.04 Å². The molecule has 0 bridgehead atoms. The number of nitrogens with one attached hydrogen (secondary N) is 1. The van der Waals surface area contributed by atoms with Gasteiger partial charge in [-0.15, -0.1) is 11.3 Å². The van der Waals surface area contributed by atoms with E-state index < -0.39 is 12.0 Å². The average molecular weight is 278 g/mol. The van der Waals surface area contributed by atoms with Crippen LogP contribution < -0.4 is 5.32 Å². The summed E-state index contributed by atoms with van der Waals surface area (Å²) in [6, 6.07) is 4.24. The molecule has 1 atom stereocenters. The summed E-state index contributed by atoms with van der Waals surface area (Å²) in [5.41, 5.74) is 2.99. The number of amides is 1. The Morgan fingerprint density at radius 1 is 1.37 bits per heavy atom. The molecule has 0 saturated carbocycles. The first kappa shape index (κ1) is 13.5. The lowest BCUT2D eigenvalue weighted by molar-refractivity contribution is -0.140. The van der Waals surface area contributed by atoms with Crippen LogP contribution in [0.4, 0.5) is 0 Å². The average Bonchev–Trinajstić information content (AvgIpc) is 2.81. The molecular weight excluding hydrogens is 264 g/mol. The highest BCUT2D eigenvalue weighted by Crippen LogP contribution is 2.19. The molecule has 100 valence electrons. The fraction of sp³-hybridized carbons (Fsp3) is 0.308. The highest BCUT2D eigenvalue weighted by Gasteiger charge is 2.23. The van der Waals surface area contributed by atoms with Crippen molar-refractivity contribution in [3.63, 3.8) is 0 Å². The van der Waals surface area contributed by atoms with Crippen molar-refractivity contribution in [2.75, 3.05) is 0 Å². The van der Waals surface area contributed by atoms with Gasteiger partial charge >= 0.3 is 5.97 Å². The molecule has 0 aliphatic carbocycles. The molecule has 1 aromatic heterocycles. The lowest BCUT2D eigenvalue weighted by Gasteiger charge is -2.17. The van der Waals surface area contributed by atoms with Gasteiger partial charge in [-0.25, -0.2) is 9.78 Å². The van der Waals surface area contributed by atoms with Gasteiger partial charge in [-0.05, 0) is 24.1 Å². The molecule has 2 aromatic rings. The molecule has 1 amide bonds. The fourth-order valence-corrected chi connectivity index (χ4v) is 2.45. The minimum Gasteiger partial charge on any atom is -0.480 e. The van der Waals surface area contributed by atoms with Crippen molar-refractivity contribution in [3.8, 4) is 0 Å². The number of nitrogens with zero attached hydrogens (tertiary/aromatic N) is 1. The number of rotatable bonds is 4. The molecule has 0 radical (unpaired) electrons. The number of fused-ring (bicyclic) bond motifs is 1. The summed E-state index contributed by atoms with van der Waals surface area (Å²) in [7, 11) is 0.